The number of hydrogen-bond donors (Lipinski definition) is 0. The standard InChI is InChI=1S/C24H17NO/c26-24-22(16-9-14-19-10-3-1-4-11-19)21-15-7-8-17-23(21)25(24)18-20-12-5-2-6-13-20/h1-8,10-13,15-17H,18H2/b22-16-. The first kappa shape index (κ1) is 15.9. The first-order chi connectivity index (χ1) is 12.8. The number of rotatable bonds is 2. The van der Waals surface area contributed by atoms with Gasteiger partial charge in [0.25, 0.3) is 5.91 Å². The highest BCUT2D eigenvalue weighted by Crippen LogP contribution is 2.37. The number of hydrogen-bond acceptors (Lipinski definition) is 1. The van der Waals surface area contributed by atoms with E-state index in [9.17, 15) is 4.79 Å². The molecule has 1 heterocycles. The summed E-state index contributed by atoms with van der Waals surface area (Å²) in [5.41, 5.74) is 4.57. The van der Waals surface area contributed by atoms with Crippen molar-refractivity contribution in [2.75, 3.05) is 4.90 Å². The summed E-state index contributed by atoms with van der Waals surface area (Å²) in [6.07, 6.45) is 1.74. The van der Waals surface area contributed by atoms with E-state index in [4.69, 9.17) is 0 Å². The molecule has 0 radical (unpaired) electrons. The van der Waals surface area contributed by atoms with Crippen LogP contribution in [-0.2, 0) is 11.3 Å². The van der Waals surface area contributed by atoms with Gasteiger partial charge in [0, 0.05) is 17.2 Å². The molecule has 0 N–H and O–H groups in total. The molecule has 0 spiro atoms. The van der Waals surface area contributed by atoms with Gasteiger partial charge in [0.2, 0.25) is 0 Å². The number of anilines is 1. The lowest BCUT2D eigenvalue weighted by Gasteiger charge is -2.17. The second-order valence-electron chi connectivity index (χ2n) is 6.09. The lowest BCUT2D eigenvalue weighted by atomic mass is 10.1. The molecule has 1 aliphatic heterocycles. The Hall–Kier alpha value is -3.57. The van der Waals surface area contributed by atoms with Crippen molar-refractivity contribution in [1.29, 1.82) is 0 Å². The van der Waals surface area contributed by atoms with Crippen LogP contribution in [0.4, 0.5) is 5.69 Å². The molecule has 0 unspecified atom stereocenters. The van der Waals surface area contributed by atoms with Crippen LogP contribution in [0.1, 0.15) is 16.7 Å². The third-order valence-corrected chi connectivity index (χ3v) is 4.35. The number of fused-ring (bicyclic) bond motifs is 1. The molecular weight excluding hydrogens is 318 g/mol. The van der Waals surface area contributed by atoms with Gasteiger partial charge in [-0.3, -0.25) is 4.79 Å². The molecule has 0 fully saturated rings. The van der Waals surface area contributed by atoms with Crippen molar-refractivity contribution in [3.63, 3.8) is 0 Å². The molecule has 3 aromatic rings. The maximum absolute atomic E-state index is 13.0. The zero-order valence-corrected chi connectivity index (χ0v) is 14.2. The van der Waals surface area contributed by atoms with Crippen molar-refractivity contribution in [3.05, 3.63) is 108 Å². The van der Waals surface area contributed by atoms with Gasteiger partial charge < -0.3 is 4.90 Å². The summed E-state index contributed by atoms with van der Waals surface area (Å²) < 4.78 is 0. The summed E-state index contributed by atoms with van der Waals surface area (Å²) in [6.45, 7) is 0.556. The lowest BCUT2D eigenvalue weighted by Crippen LogP contribution is -2.25. The van der Waals surface area contributed by atoms with E-state index in [1.165, 1.54) is 0 Å². The maximum atomic E-state index is 13.0. The first-order valence-corrected chi connectivity index (χ1v) is 8.55. The highest BCUT2D eigenvalue weighted by atomic mass is 16.2. The Bertz CT molecular complexity index is 1020. The third kappa shape index (κ3) is 3.16. The van der Waals surface area contributed by atoms with Gasteiger partial charge in [-0.15, -0.1) is 0 Å². The maximum Gasteiger partial charge on any atom is 0.259 e. The molecular formula is C24H17NO. The minimum Gasteiger partial charge on any atom is -0.303 e. The van der Waals surface area contributed by atoms with Crippen LogP contribution in [0.2, 0.25) is 0 Å². The zero-order valence-electron chi connectivity index (χ0n) is 14.2. The van der Waals surface area contributed by atoms with Crippen LogP contribution in [0, 0.1) is 11.8 Å². The van der Waals surface area contributed by atoms with Crippen LogP contribution in [0.3, 0.4) is 0 Å². The molecule has 0 saturated carbocycles. The van der Waals surface area contributed by atoms with Crippen LogP contribution < -0.4 is 4.90 Å². The molecule has 0 aliphatic carbocycles. The van der Waals surface area contributed by atoms with Gasteiger partial charge in [-0.25, -0.2) is 0 Å². The molecule has 0 bridgehead atoms. The van der Waals surface area contributed by atoms with Crippen LogP contribution >= 0.6 is 0 Å². The van der Waals surface area contributed by atoms with Crippen molar-refractivity contribution < 1.29 is 4.79 Å². The highest BCUT2D eigenvalue weighted by Gasteiger charge is 2.31. The zero-order chi connectivity index (χ0) is 17.8. The Morgan fingerprint density at radius 3 is 2.23 bits per heavy atom. The SMILES string of the molecule is O=C1/C(=C\C#Cc2ccccc2)c2ccccc2N1Cc1ccccc1. The van der Waals surface area contributed by atoms with Gasteiger partial charge in [-0.05, 0) is 23.8 Å². The van der Waals surface area contributed by atoms with E-state index in [0.717, 1.165) is 22.4 Å². The lowest BCUT2D eigenvalue weighted by molar-refractivity contribution is -0.113. The average Bonchev–Trinajstić information content (AvgIpc) is 2.96. The molecule has 0 saturated heterocycles. The summed E-state index contributed by atoms with van der Waals surface area (Å²) in [4.78, 5) is 14.8. The second-order valence-corrected chi connectivity index (χ2v) is 6.09. The van der Waals surface area contributed by atoms with Gasteiger partial charge in [0.05, 0.1) is 17.8 Å². The number of benzene rings is 3. The number of nitrogens with zero attached hydrogens (tertiary/aromatic N) is 1. The van der Waals surface area contributed by atoms with Crippen LogP contribution in [0.15, 0.2) is 91.0 Å². The molecule has 4 rings (SSSR count). The van der Waals surface area contributed by atoms with Gasteiger partial charge in [-0.1, -0.05) is 78.6 Å². The predicted octanol–water partition coefficient (Wildman–Crippen LogP) is 4.67. The number of carbonyl (C=O) groups excluding carboxylic acids is 1. The van der Waals surface area contributed by atoms with E-state index >= 15 is 0 Å². The Kier molecular flexibility index (Phi) is 4.37. The van der Waals surface area contributed by atoms with E-state index < -0.39 is 0 Å². The quantitative estimate of drug-likeness (QED) is 0.492. The van der Waals surface area contributed by atoms with E-state index in [1.54, 1.807) is 6.08 Å². The topological polar surface area (TPSA) is 20.3 Å². The molecule has 1 aliphatic rings. The smallest absolute Gasteiger partial charge is 0.259 e. The summed E-state index contributed by atoms with van der Waals surface area (Å²) in [6, 6.07) is 27.7. The molecule has 0 aromatic heterocycles. The molecule has 0 atom stereocenters. The normalized spacial score (nSPS) is 14.1. The van der Waals surface area contributed by atoms with Crippen LogP contribution in [-0.4, -0.2) is 5.91 Å². The summed E-state index contributed by atoms with van der Waals surface area (Å²) >= 11 is 0. The van der Waals surface area contributed by atoms with E-state index in [-0.39, 0.29) is 5.91 Å². The van der Waals surface area contributed by atoms with Crippen molar-refractivity contribution in [1.82, 2.24) is 0 Å². The van der Waals surface area contributed by atoms with Crippen LogP contribution in [0.25, 0.3) is 5.57 Å². The molecule has 124 valence electrons. The van der Waals surface area contributed by atoms with Crippen molar-refractivity contribution in [3.8, 4) is 11.8 Å². The van der Waals surface area contributed by atoms with E-state index in [2.05, 4.69) is 11.8 Å². The number of para-hydroxylation sites is 1. The largest absolute Gasteiger partial charge is 0.303 e. The summed E-state index contributed by atoms with van der Waals surface area (Å²) in [5.74, 6) is 6.13. The van der Waals surface area contributed by atoms with Crippen molar-refractivity contribution in [2.24, 2.45) is 0 Å². The molecule has 1 amide bonds. The highest BCUT2D eigenvalue weighted by molar-refractivity contribution is 6.32. The fourth-order valence-electron chi connectivity index (χ4n) is 3.08. The van der Waals surface area contributed by atoms with Gasteiger partial charge in [0.1, 0.15) is 0 Å². The summed E-state index contributed by atoms with van der Waals surface area (Å²) in [7, 11) is 0. The Morgan fingerprint density at radius 1 is 0.808 bits per heavy atom. The monoisotopic (exact) mass is 335 g/mol. The molecule has 3 aromatic carbocycles. The van der Waals surface area contributed by atoms with E-state index in [0.29, 0.717) is 12.1 Å². The number of amides is 1. The average molecular weight is 335 g/mol. The third-order valence-electron chi connectivity index (χ3n) is 4.35. The van der Waals surface area contributed by atoms with Gasteiger partial charge in [-0.2, -0.15) is 0 Å². The second kappa shape index (κ2) is 7.13. The van der Waals surface area contributed by atoms with Crippen molar-refractivity contribution in [2.45, 2.75) is 6.54 Å². The molecule has 26 heavy (non-hydrogen) atoms. The minimum absolute atomic E-state index is 0.00239. The van der Waals surface area contributed by atoms with E-state index in [1.807, 2.05) is 89.8 Å². The van der Waals surface area contributed by atoms with Gasteiger partial charge in [0.15, 0.2) is 0 Å². The fraction of sp³-hybridized carbons (Fsp3) is 0.0417. The predicted molar refractivity (Wildman–Crippen MR) is 105 cm³/mol. The Labute approximate surface area is 153 Å². The van der Waals surface area contributed by atoms with Crippen LogP contribution in [0.5, 0.6) is 0 Å². The summed E-state index contributed by atoms with van der Waals surface area (Å²) in [5, 5.41) is 0. The Balaban J connectivity index is 1.68. The van der Waals surface area contributed by atoms with Crippen molar-refractivity contribution >= 4 is 17.2 Å². The number of allylic oxidation sites excluding steroid dienone is 1. The Morgan fingerprint density at radius 2 is 1.46 bits per heavy atom. The first-order valence-electron chi connectivity index (χ1n) is 8.55. The fourth-order valence-corrected chi connectivity index (χ4v) is 3.08. The minimum atomic E-state index is -0.00239. The number of carbonyl (C=O) groups is 1. The molecule has 2 nitrogen and oxygen atoms in total. The van der Waals surface area contributed by atoms with Gasteiger partial charge >= 0.3 is 0 Å². The molecule has 2 heteroatoms.